The Balaban J connectivity index is 2.91. The van der Waals surface area contributed by atoms with Gasteiger partial charge in [-0.3, -0.25) is 4.79 Å². The number of H-pyrrole nitrogens is 1. The summed E-state index contributed by atoms with van der Waals surface area (Å²) in [6.45, 7) is 3.38. The summed E-state index contributed by atoms with van der Waals surface area (Å²) >= 11 is 0. The van der Waals surface area contributed by atoms with Gasteiger partial charge in [-0.25, -0.2) is 4.98 Å². The molecule has 0 aromatic carbocycles. The van der Waals surface area contributed by atoms with E-state index in [1.807, 2.05) is 11.8 Å². The summed E-state index contributed by atoms with van der Waals surface area (Å²) in [6.07, 6.45) is 1.96. The van der Waals surface area contributed by atoms with Gasteiger partial charge in [-0.2, -0.15) is 0 Å². The number of aliphatic hydroxyl groups is 1. The highest BCUT2D eigenvalue weighted by atomic mass is 16.3. The Bertz CT molecular complexity index is 363. The molecule has 0 saturated carbocycles. The third kappa shape index (κ3) is 2.69. The van der Waals surface area contributed by atoms with Gasteiger partial charge in [0.2, 0.25) is 0 Å². The molecule has 0 spiro atoms. The van der Waals surface area contributed by atoms with Gasteiger partial charge in [0.15, 0.2) is 5.82 Å². The van der Waals surface area contributed by atoms with Crippen molar-refractivity contribution in [2.75, 3.05) is 30.3 Å². The second-order valence-corrected chi connectivity index (χ2v) is 3.13. The fraction of sp³-hybridized carbons (Fsp3) is 0.556. The van der Waals surface area contributed by atoms with Crippen molar-refractivity contribution in [1.29, 1.82) is 0 Å². The van der Waals surface area contributed by atoms with Crippen LogP contribution in [-0.2, 0) is 0 Å². The largest absolute Gasteiger partial charge is 0.396 e. The van der Waals surface area contributed by atoms with Gasteiger partial charge in [-0.05, 0) is 13.3 Å². The molecule has 0 fully saturated rings. The molecule has 0 aliphatic heterocycles. The first-order valence-electron chi connectivity index (χ1n) is 4.89. The summed E-state index contributed by atoms with van der Waals surface area (Å²) in [7, 11) is 0. The number of aromatic amines is 1. The lowest BCUT2D eigenvalue weighted by Crippen LogP contribution is -2.29. The SMILES string of the molecule is CCN(CCCO)c1nc[nH]c(=O)c1N. The van der Waals surface area contributed by atoms with E-state index in [4.69, 9.17) is 10.8 Å². The van der Waals surface area contributed by atoms with Gasteiger partial charge >= 0.3 is 0 Å². The van der Waals surface area contributed by atoms with Crippen molar-refractivity contribution in [2.45, 2.75) is 13.3 Å². The summed E-state index contributed by atoms with van der Waals surface area (Å²) in [6, 6.07) is 0. The van der Waals surface area contributed by atoms with Crippen LogP contribution in [0.1, 0.15) is 13.3 Å². The number of nitrogens with zero attached hydrogens (tertiary/aromatic N) is 2. The minimum Gasteiger partial charge on any atom is -0.396 e. The normalized spacial score (nSPS) is 10.3. The highest BCUT2D eigenvalue weighted by Gasteiger charge is 2.11. The molecule has 4 N–H and O–H groups in total. The molecular formula is C9H16N4O2. The molecule has 1 heterocycles. The average Bonchev–Trinajstić information content (AvgIpc) is 2.25. The van der Waals surface area contributed by atoms with Crippen molar-refractivity contribution in [3.05, 3.63) is 16.7 Å². The minimum atomic E-state index is -0.331. The van der Waals surface area contributed by atoms with Gasteiger partial charge in [-0.1, -0.05) is 0 Å². The standard InChI is InChI=1S/C9H16N4O2/c1-2-13(4-3-5-14)8-7(10)9(15)12-6-11-8/h6,14H,2-5,10H2,1H3,(H,11,12,15). The van der Waals surface area contributed by atoms with Gasteiger partial charge in [0.1, 0.15) is 5.69 Å². The first-order valence-corrected chi connectivity index (χ1v) is 4.89. The maximum atomic E-state index is 11.2. The van der Waals surface area contributed by atoms with E-state index in [1.54, 1.807) is 0 Å². The number of hydrogen-bond acceptors (Lipinski definition) is 5. The average molecular weight is 212 g/mol. The van der Waals surface area contributed by atoms with Gasteiger partial charge in [0.05, 0.1) is 6.33 Å². The number of aliphatic hydroxyl groups excluding tert-OH is 1. The van der Waals surface area contributed by atoms with E-state index in [-0.39, 0.29) is 17.9 Å². The number of hydrogen-bond donors (Lipinski definition) is 3. The van der Waals surface area contributed by atoms with Gasteiger partial charge in [0.25, 0.3) is 5.56 Å². The predicted molar refractivity (Wildman–Crippen MR) is 58.9 cm³/mol. The molecule has 0 amide bonds. The molecule has 6 heteroatoms. The third-order valence-electron chi connectivity index (χ3n) is 2.14. The first kappa shape index (κ1) is 11.5. The number of nitrogens with two attached hydrogens (primary N) is 1. The molecule has 0 atom stereocenters. The zero-order chi connectivity index (χ0) is 11.3. The van der Waals surface area contributed by atoms with Crippen LogP contribution in [0.4, 0.5) is 11.5 Å². The zero-order valence-electron chi connectivity index (χ0n) is 8.73. The molecule has 0 unspecified atom stereocenters. The number of rotatable bonds is 5. The number of nitrogen functional groups attached to an aromatic ring is 1. The lowest BCUT2D eigenvalue weighted by Gasteiger charge is -2.22. The Labute approximate surface area is 87.8 Å². The maximum Gasteiger partial charge on any atom is 0.276 e. The van der Waals surface area contributed by atoms with Gasteiger partial charge in [0, 0.05) is 19.7 Å². The third-order valence-corrected chi connectivity index (χ3v) is 2.14. The molecule has 0 aliphatic rings. The van der Waals surface area contributed by atoms with Crippen LogP contribution in [-0.4, -0.2) is 34.8 Å². The molecule has 1 aromatic rings. The Morgan fingerprint density at radius 1 is 1.67 bits per heavy atom. The van der Waals surface area contributed by atoms with Crippen molar-refractivity contribution >= 4 is 11.5 Å². The Morgan fingerprint density at radius 3 is 3.00 bits per heavy atom. The molecule has 15 heavy (non-hydrogen) atoms. The molecule has 84 valence electrons. The van der Waals surface area contributed by atoms with Crippen molar-refractivity contribution in [3.63, 3.8) is 0 Å². The van der Waals surface area contributed by atoms with Crippen LogP contribution in [0.3, 0.4) is 0 Å². The summed E-state index contributed by atoms with van der Waals surface area (Å²) in [5, 5.41) is 8.74. The predicted octanol–water partition coefficient (Wildman–Crippen LogP) is -0.439. The molecule has 0 bridgehead atoms. The lowest BCUT2D eigenvalue weighted by molar-refractivity contribution is 0.289. The smallest absolute Gasteiger partial charge is 0.276 e. The summed E-state index contributed by atoms with van der Waals surface area (Å²) in [4.78, 5) is 19.5. The molecular weight excluding hydrogens is 196 g/mol. The van der Waals surface area contributed by atoms with Crippen LogP contribution in [0.15, 0.2) is 11.1 Å². The molecule has 0 aliphatic carbocycles. The number of aromatic nitrogens is 2. The quantitative estimate of drug-likeness (QED) is 0.615. The minimum absolute atomic E-state index is 0.111. The zero-order valence-corrected chi connectivity index (χ0v) is 8.73. The van der Waals surface area contributed by atoms with Crippen LogP contribution in [0, 0.1) is 0 Å². The van der Waals surface area contributed by atoms with Crippen molar-refractivity contribution in [2.24, 2.45) is 0 Å². The fourth-order valence-electron chi connectivity index (χ4n) is 1.33. The fourth-order valence-corrected chi connectivity index (χ4v) is 1.33. The number of anilines is 2. The molecule has 1 aromatic heterocycles. The first-order chi connectivity index (χ1) is 7.20. The lowest BCUT2D eigenvalue weighted by atomic mass is 10.3. The highest BCUT2D eigenvalue weighted by Crippen LogP contribution is 2.14. The van der Waals surface area contributed by atoms with E-state index in [0.717, 1.165) is 0 Å². The van der Waals surface area contributed by atoms with E-state index in [9.17, 15) is 4.79 Å². The van der Waals surface area contributed by atoms with Crippen molar-refractivity contribution in [3.8, 4) is 0 Å². The monoisotopic (exact) mass is 212 g/mol. The Kier molecular flexibility index (Phi) is 4.11. The Hall–Kier alpha value is -1.56. The van der Waals surface area contributed by atoms with Crippen LogP contribution >= 0.6 is 0 Å². The van der Waals surface area contributed by atoms with Crippen molar-refractivity contribution in [1.82, 2.24) is 9.97 Å². The van der Waals surface area contributed by atoms with Gasteiger partial charge in [-0.15, -0.1) is 0 Å². The topological polar surface area (TPSA) is 95.2 Å². The van der Waals surface area contributed by atoms with E-state index in [1.165, 1.54) is 6.33 Å². The van der Waals surface area contributed by atoms with E-state index >= 15 is 0 Å². The maximum absolute atomic E-state index is 11.2. The van der Waals surface area contributed by atoms with E-state index in [0.29, 0.717) is 25.3 Å². The van der Waals surface area contributed by atoms with Crippen LogP contribution < -0.4 is 16.2 Å². The van der Waals surface area contributed by atoms with Gasteiger partial charge < -0.3 is 20.7 Å². The van der Waals surface area contributed by atoms with Crippen LogP contribution in [0.2, 0.25) is 0 Å². The highest BCUT2D eigenvalue weighted by molar-refractivity contribution is 5.60. The second kappa shape index (κ2) is 5.35. The summed E-state index contributed by atoms with van der Waals surface area (Å²) in [5.74, 6) is 0.481. The molecule has 0 radical (unpaired) electrons. The molecule has 1 rings (SSSR count). The summed E-state index contributed by atoms with van der Waals surface area (Å²) < 4.78 is 0. The number of nitrogens with one attached hydrogen (secondary N) is 1. The second-order valence-electron chi connectivity index (χ2n) is 3.13. The molecule has 6 nitrogen and oxygen atoms in total. The van der Waals surface area contributed by atoms with Crippen LogP contribution in [0.25, 0.3) is 0 Å². The van der Waals surface area contributed by atoms with E-state index in [2.05, 4.69) is 9.97 Å². The molecule has 0 saturated heterocycles. The van der Waals surface area contributed by atoms with Crippen LogP contribution in [0.5, 0.6) is 0 Å². The van der Waals surface area contributed by atoms with Crippen molar-refractivity contribution < 1.29 is 5.11 Å². The Morgan fingerprint density at radius 2 is 2.40 bits per heavy atom. The van der Waals surface area contributed by atoms with E-state index < -0.39 is 0 Å². The summed E-state index contributed by atoms with van der Waals surface area (Å²) in [5.41, 5.74) is 5.41.